The average Bonchev–Trinajstić information content (AvgIpc) is 3.27. The van der Waals surface area contributed by atoms with Crippen molar-refractivity contribution in [3.05, 3.63) is 60.2 Å². The van der Waals surface area contributed by atoms with E-state index < -0.39 is 9.84 Å². The molecule has 1 fully saturated rings. The fraction of sp³-hybridized carbons (Fsp3) is 0.391. The second-order valence-electron chi connectivity index (χ2n) is 7.96. The highest BCUT2D eigenvalue weighted by Gasteiger charge is 2.42. The zero-order valence-corrected chi connectivity index (χ0v) is 19.7. The van der Waals surface area contributed by atoms with E-state index in [9.17, 15) is 13.2 Å². The van der Waals surface area contributed by atoms with Crippen molar-refractivity contribution < 1.29 is 13.2 Å². The Morgan fingerprint density at radius 2 is 1.88 bits per heavy atom. The van der Waals surface area contributed by atoms with E-state index in [1.165, 1.54) is 17.4 Å². The number of sulfone groups is 1. The molecule has 2 N–H and O–H groups in total. The summed E-state index contributed by atoms with van der Waals surface area (Å²) in [5.41, 5.74) is 2.63. The molecule has 0 saturated carbocycles. The van der Waals surface area contributed by atoms with Crippen LogP contribution >= 0.6 is 11.8 Å². The zero-order valence-electron chi connectivity index (χ0n) is 18.0. The fourth-order valence-corrected chi connectivity index (χ4v) is 7.60. The molecule has 170 valence electrons. The molecule has 0 radical (unpaired) electrons. The van der Waals surface area contributed by atoms with Crippen LogP contribution in [0.3, 0.4) is 0 Å². The highest BCUT2D eigenvalue weighted by molar-refractivity contribution is 8.15. The first-order valence-corrected chi connectivity index (χ1v) is 13.5. The Morgan fingerprint density at radius 3 is 2.56 bits per heavy atom. The van der Waals surface area contributed by atoms with Crippen LogP contribution in [0, 0.1) is 0 Å². The number of amides is 1. The van der Waals surface area contributed by atoms with Gasteiger partial charge in [-0.1, -0.05) is 30.0 Å². The summed E-state index contributed by atoms with van der Waals surface area (Å²) >= 11 is 1.48. The van der Waals surface area contributed by atoms with E-state index in [2.05, 4.69) is 39.6 Å². The zero-order chi connectivity index (χ0) is 22.6. The number of thioether (sulfide) groups is 1. The first kappa shape index (κ1) is 22.7. The average molecular weight is 473 g/mol. The number of hydrogen-bond donors (Lipinski definition) is 2. The number of nitrogens with one attached hydrogen (secondary N) is 2. The molecule has 0 spiro atoms. The molecule has 2 heterocycles. The van der Waals surface area contributed by atoms with Crippen molar-refractivity contribution in [2.75, 3.05) is 41.4 Å². The molecule has 1 amide bonds. The summed E-state index contributed by atoms with van der Waals surface area (Å²) in [6, 6.07) is 17.4. The minimum Gasteiger partial charge on any atom is -0.372 e. The lowest BCUT2D eigenvalue weighted by atomic mass is 10.2. The Labute approximate surface area is 193 Å². The van der Waals surface area contributed by atoms with Crippen LogP contribution in [0.4, 0.5) is 11.4 Å². The van der Waals surface area contributed by atoms with Gasteiger partial charge in [-0.15, -0.1) is 0 Å². The lowest BCUT2D eigenvalue weighted by molar-refractivity contribution is 0.0953. The van der Waals surface area contributed by atoms with Crippen molar-refractivity contribution in [1.29, 1.82) is 0 Å². The molecule has 4 rings (SSSR count). The molecule has 0 aliphatic carbocycles. The summed E-state index contributed by atoms with van der Waals surface area (Å²) in [6.45, 7) is 4.55. The monoisotopic (exact) mass is 472 g/mol. The number of carbonyl (C=O) groups excluding carboxylic acids is 1. The number of amidine groups is 1. The van der Waals surface area contributed by atoms with Crippen LogP contribution in [0.5, 0.6) is 0 Å². The number of nitrogens with zero attached hydrogens (tertiary/aromatic N) is 2. The number of aliphatic imine (C=N–C) groups is 1. The first-order valence-electron chi connectivity index (χ1n) is 10.8. The predicted octanol–water partition coefficient (Wildman–Crippen LogP) is 3.01. The first-order chi connectivity index (χ1) is 15.4. The summed E-state index contributed by atoms with van der Waals surface area (Å²) < 4.78 is 23.4. The maximum atomic E-state index is 12.4. The van der Waals surface area contributed by atoms with E-state index in [1.807, 2.05) is 30.3 Å². The van der Waals surface area contributed by atoms with Crippen molar-refractivity contribution in [2.24, 2.45) is 4.99 Å². The summed E-state index contributed by atoms with van der Waals surface area (Å²) in [5, 5.41) is 6.97. The molecule has 2 atom stereocenters. The van der Waals surface area contributed by atoms with E-state index in [0.717, 1.165) is 30.4 Å². The fourth-order valence-electron chi connectivity index (χ4n) is 3.93. The van der Waals surface area contributed by atoms with Crippen molar-refractivity contribution >= 4 is 44.0 Å². The van der Waals surface area contributed by atoms with E-state index in [0.29, 0.717) is 12.1 Å². The third-order valence-corrected chi connectivity index (χ3v) is 8.75. The van der Waals surface area contributed by atoms with E-state index in [1.54, 1.807) is 12.1 Å². The molecule has 7 nitrogen and oxygen atoms in total. The number of para-hydroxylation sites is 1. The second-order valence-corrected chi connectivity index (χ2v) is 11.3. The minimum absolute atomic E-state index is 0.0121. The standard InChI is InChI=1S/C23H28N4O3S2/c1-2-27(19-7-4-3-5-8-19)14-6-13-24-22(28)17-9-11-18(12-10-17)25-23-26-20-15-32(29,30)16-21(20)31-23/h3-5,7-12,20-21H,2,6,13-16H2,1H3,(H,24,28)(H,25,26). The Morgan fingerprint density at radius 1 is 1.12 bits per heavy atom. The summed E-state index contributed by atoms with van der Waals surface area (Å²) in [6.07, 6.45) is 0.864. The maximum Gasteiger partial charge on any atom is 0.251 e. The molecule has 1 saturated heterocycles. The SMILES string of the molecule is CCN(CCCNC(=O)c1ccc(NC2=NC3CS(=O)(=O)CC3S2)cc1)c1ccccc1. The van der Waals surface area contributed by atoms with Gasteiger partial charge in [0.15, 0.2) is 15.0 Å². The summed E-state index contributed by atoms with van der Waals surface area (Å²) in [4.78, 5) is 19.2. The number of fused-ring (bicyclic) bond motifs is 1. The Hall–Kier alpha value is -2.52. The predicted molar refractivity (Wildman–Crippen MR) is 133 cm³/mol. The van der Waals surface area contributed by atoms with Gasteiger partial charge >= 0.3 is 0 Å². The van der Waals surface area contributed by atoms with Gasteiger partial charge in [-0.25, -0.2) is 8.42 Å². The van der Waals surface area contributed by atoms with Gasteiger partial charge in [0, 0.05) is 41.8 Å². The quantitative estimate of drug-likeness (QED) is 0.574. The van der Waals surface area contributed by atoms with Crippen LogP contribution in [-0.2, 0) is 9.84 Å². The third-order valence-electron chi connectivity index (χ3n) is 5.61. The number of anilines is 2. The van der Waals surface area contributed by atoms with Crippen LogP contribution in [0.1, 0.15) is 23.7 Å². The smallest absolute Gasteiger partial charge is 0.251 e. The van der Waals surface area contributed by atoms with Gasteiger partial charge in [0.25, 0.3) is 5.91 Å². The molecule has 2 aliphatic heterocycles. The molecule has 9 heteroatoms. The molecular formula is C23H28N4O3S2. The van der Waals surface area contributed by atoms with Crippen molar-refractivity contribution in [3.63, 3.8) is 0 Å². The molecular weight excluding hydrogens is 444 g/mol. The Kier molecular flexibility index (Phi) is 7.05. The van der Waals surface area contributed by atoms with Crippen LogP contribution in [0.25, 0.3) is 0 Å². The van der Waals surface area contributed by atoms with Crippen LogP contribution in [0.15, 0.2) is 59.6 Å². The van der Waals surface area contributed by atoms with Gasteiger partial charge in [-0.05, 0) is 49.7 Å². The number of rotatable bonds is 8. The minimum atomic E-state index is -2.95. The van der Waals surface area contributed by atoms with Gasteiger partial charge in [0.05, 0.1) is 17.5 Å². The molecule has 2 aromatic carbocycles. The molecule has 32 heavy (non-hydrogen) atoms. The van der Waals surface area contributed by atoms with E-state index in [-0.39, 0.29) is 28.7 Å². The highest BCUT2D eigenvalue weighted by Crippen LogP contribution is 2.34. The number of hydrogen-bond acceptors (Lipinski definition) is 7. The third kappa shape index (κ3) is 5.63. The maximum absolute atomic E-state index is 12.4. The van der Waals surface area contributed by atoms with Gasteiger partial charge in [0.1, 0.15) is 0 Å². The summed E-state index contributed by atoms with van der Waals surface area (Å²) in [5.74, 6) is 0.236. The Balaban J connectivity index is 1.22. The normalized spacial score (nSPS) is 21.0. The molecule has 0 aromatic heterocycles. The molecule has 2 aliphatic rings. The van der Waals surface area contributed by atoms with E-state index >= 15 is 0 Å². The number of benzene rings is 2. The lowest BCUT2D eigenvalue weighted by Gasteiger charge is -2.23. The van der Waals surface area contributed by atoms with E-state index in [4.69, 9.17) is 0 Å². The highest BCUT2D eigenvalue weighted by atomic mass is 32.2. The lowest BCUT2D eigenvalue weighted by Crippen LogP contribution is -2.29. The van der Waals surface area contributed by atoms with Gasteiger partial charge < -0.3 is 15.5 Å². The van der Waals surface area contributed by atoms with Crippen LogP contribution in [-0.4, -0.2) is 61.9 Å². The second kappa shape index (κ2) is 9.95. The molecule has 0 bridgehead atoms. The topological polar surface area (TPSA) is 90.9 Å². The molecule has 2 aromatic rings. The summed E-state index contributed by atoms with van der Waals surface area (Å²) in [7, 11) is -2.95. The van der Waals surface area contributed by atoms with Crippen molar-refractivity contribution in [2.45, 2.75) is 24.6 Å². The van der Waals surface area contributed by atoms with Crippen molar-refractivity contribution in [3.8, 4) is 0 Å². The van der Waals surface area contributed by atoms with Crippen LogP contribution < -0.4 is 15.5 Å². The van der Waals surface area contributed by atoms with Gasteiger partial charge in [-0.3, -0.25) is 9.79 Å². The van der Waals surface area contributed by atoms with Crippen molar-refractivity contribution in [1.82, 2.24) is 5.32 Å². The largest absolute Gasteiger partial charge is 0.372 e. The number of carbonyl (C=O) groups is 1. The van der Waals surface area contributed by atoms with Gasteiger partial charge in [-0.2, -0.15) is 0 Å². The van der Waals surface area contributed by atoms with Crippen LogP contribution in [0.2, 0.25) is 0 Å². The molecule has 2 unspecified atom stereocenters. The Bertz CT molecular complexity index is 1070. The van der Waals surface area contributed by atoms with Gasteiger partial charge in [0.2, 0.25) is 0 Å².